The summed E-state index contributed by atoms with van der Waals surface area (Å²) in [4.78, 5) is 0.299. The number of aryl methyl sites for hydroxylation is 3. The molecule has 0 radical (unpaired) electrons. The Bertz CT molecular complexity index is 1360. The van der Waals surface area contributed by atoms with Gasteiger partial charge in [-0.3, -0.25) is 4.72 Å². The largest absolute Gasteiger partial charge is 0.280 e. The van der Waals surface area contributed by atoms with Crippen molar-refractivity contribution in [3.8, 4) is 11.3 Å². The lowest BCUT2D eigenvalue weighted by molar-refractivity contribution is 0.600. The van der Waals surface area contributed by atoms with Crippen molar-refractivity contribution in [3.63, 3.8) is 0 Å². The van der Waals surface area contributed by atoms with Gasteiger partial charge in [-0.25, -0.2) is 8.42 Å². The Morgan fingerprint density at radius 1 is 0.933 bits per heavy atom. The van der Waals surface area contributed by atoms with Crippen LogP contribution in [-0.4, -0.2) is 28.2 Å². The van der Waals surface area contributed by atoms with Gasteiger partial charge in [0, 0.05) is 11.3 Å². The molecule has 2 aromatic heterocycles. The summed E-state index contributed by atoms with van der Waals surface area (Å²) < 4.78 is 30.3. The number of nitrogens with one attached hydrogen (secondary N) is 1. The predicted octanol–water partition coefficient (Wildman–Crippen LogP) is 3.78. The first kappa shape index (κ1) is 18.7. The number of rotatable bonds is 4. The fourth-order valence-electron chi connectivity index (χ4n) is 3.88. The van der Waals surface area contributed by atoms with Crippen LogP contribution in [0.15, 0.2) is 59.5 Å². The minimum Gasteiger partial charge on any atom is -0.280 e. The van der Waals surface area contributed by atoms with Crippen LogP contribution in [0.2, 0.25) is 0 Å². The Balaban J connectivity index is 1.45. The highest BCUT2D eigenvalue weighted by Crippen LogP contribution is 2.27. The maximum absolute atomic E-state index is 13.0. The Morgan fingerprint density at radius 3 is 2.63 bits per heavy atom. The van der Waals surface area contributed by atoms with Crippen molar-refractivity contribution in [1.82, 2.24) is 19.8 Å². The molecule has 0 aliphatic heterocycles. The van der Waals surface area contributed by atoms with Gasteiger partial charge in [0.2, 0.25) is 0 Å². The molecule has 7 nitrogen and oxygen atoms in total. The molecular formula is C22H21N5O2S. The second-order valence-corrected chi connectivity index (χ2v) is 9.24. The normalized spacial score (nSPS) is 13.9. The van der Waals surface area contributed by atoms with Crippen LogP contribution in [0.25, 0.3) is 16.9 Å². The van der Waals surface area contributed by atoms with E-state index in [9.17, 15) is 8.42 Å². The molecule has 0 fully saturated rings. The summed E-state index contributed by atoms with van der Waals surface area (Å²) in [5.41, 5.74) is 5.07. The summed E-state index contributed by atoms with van der Waals surface area (Å²) in [6.07, 6.45) is 4.23. The Hall–Kier alpha value is -3.26. The van der Waals surface area contributed by atoms with E-state index in [-0.39, 0.29) is 0 Å². The third-order valence-electron chi connectivity index (χ3n) is 5.46. The van der Waals surface area contributed by atoms with Crippen molar-refractivity contribution in [2.24, 2.45) is 0 Å². The second kappa shape index (κ2) is 7.21. The number of sulfonamides is 1. The summed E-state index contributed by atoms with van der Waals surface area (Å²) in [7, 11) is -3.67. The zero-order valence-corrected chi connectivity index (χ0v) is 17.4. The number of hydrogen-bond acceptors (Lipinski definition) is 5. The zero-order valence-electron chi connectivity index (χ0n) is 16.5. The van der Waals surface area contributed by atoms with E-state index in [0.717, 1.165) is 30.4 Å². The maximum Gasteiger partial charge on any atom is 0.261 e. The molecule has 4 aromatic rings. The number of anilines is 1. The van der Waals surface area contributed by atoms with Gasteiger partial charge in [0.05, 0.1) is 10.6 Å². The van der Waals surface area contributed by atoms with Gasteiger partial charge in [0.25, 0.3) is 10.0 Å². The van der Waals surface area contributed by atoms with Crippen molar-refractivity contribution in [2.45, 2.75) is 37.5 Å². The van der Waals surface area contributed by atoms with E-state index in [4.69, 9.17) is 0 Å². The van der Waals surface area contributed by atoms with Crippen LogP contribution >= 0.6 is 0 Å². The fourth-order valence-corrected chi connectivity index (χ4v) is 4.98. The second-order valence-electron chi connectivity index (χ2n) is 7.56. The molecule has 0 bridgehead atoms. The van der Waals surface area contributed by atoms with Gasteiger partial charge >= 0.3 is 0 Å². The van der Waals surface area contributed by atoms with Gasteiger partial charge in [-0.2, -0.15) is 9.61 Å². The first-order valence-electron chi connectivity index (χ1n) is 9.94. The maximum atomic E-state index is 13.0. The van der Waals surface area contributed by atoms with E-state index in [0.29, 0.717) is 27.7 Å². The van der Waals surface area contributed by atoms with Crippen LogP contribution in [0.3, 0.4) is 0 Å². The molecule has 0 atom stereocenters. The van der Waals surface area contributed by atoms with E-state index < -0.39 is 10.0 Å². The molecule has 0 saturated carbocycles. The lowest BCUT2D eigenvalue weighted by Crippen LogP contribution is -2.14. The Labute approximate surface area is 174 Å². The number of aromatic nitrogens is 4. The molecule has 1 N–H and O–H groups in total. The van der Waals surface area contributed by atoms with Crippen LogP contribution in [0.5, 0.6) is 0 Å². The topological polar surface area (TPSA) is 89.2 Å². The molecule has 0 unspecified atom stereocenters. The molecular weight excluding hydrogens is 398 g/mol. The van der Waals surface area contributed by atoms with Crippen molar-refractivity contribution < 1.29 is 8.42 Å². The van der Waals surface area contributed by atoms with Gasteiger partial charge in [0.1, 0.15) is 0 Å². The molecule has 0 amide bonds. The van der Waals surface area contributed by atoms with Crippen molar-refractivity contribution in [3.05, 3.63) is 71.5 Å². The molecule has 1 aliphatic carbocycles. The molecule has 8 heteroatoms. The number of hydrogen-bond donors (Lipinski definition) is 1. The first-order valence-corrected chi connectivity index (χ1v) is 11.4. The van der Waals surface area contributed by atoms with Gasteiger partial charge < -0.3 is 0 Å². The average Bonchev–Trinajstić information content (AvgIpc) is 3.13. The van der Waals surface area contributed by atoms with Gasteiger partial charge in [0.15, 0.2) is 11.5 Å². The predicted molar refractivity (Wildman–Crippen MR) is 115 cm³/mol. The molecule has 2 heterocycles. The van der Waals surface area contributed by atoms with Gasteiger partial charge in [-0.15, -0.1) is 10.2 Å². The van der Waals surface area contributed by atoms with E-state index in [1.165, 1.54) is 12.0 Å². The van der Waals surface area contributed by atoms with Gasteiger partial charge in [-0.1, -0.05) is 18.2 Å². The van der Waals surface area contributed by atoms with E-state index in [1.807, 2.05) is 43.3 Å². The lowest BCUT2D eigenvalue weighted by Gasteiger charge is -2.17. The van der Waals surface area contributed by atoms with E-state index >= 15 is 0 Å². The van der Waals surface area contributed by atoms with Crippen LogP contribution < -0.4 is 4.72 Å². The van der Waals surface area contributed by atoms with Crippen LogP contribution in [-0.2, 0) is 22.9 Å². The highest BCUT2D eigenvalue weighted by atomic mass is 32.2. The highest BCUT2D eigenvalue weighted by molar-refractivity contribution is 7.92. The van der Waals surface area contributed by atoms with Crippen molar-refractivity contribution in [1.29, 1.82) is 0 Å². The summed E-state index contributed by atoms with van der Waals surface area (Å²) in [5, 5.41) is 12.6. The van der Waals surface area contributed by atoms with Crippen LogP contribution in [0.4, 0.5) is 5.69 Å². The molecule has 30 heavy (non-hydrogen) atoms. The Morgan fingerprint density at radius 2 is 1.77 bits per heavy atom. The highest BCUT2D eigenvalue weighted by Gasteiger charge is 2.18. The molecule has 2 aromatic carbocycles. The fraction of sp³-hybridized carbons (Fsp3) is 0.227. The molecule has 152 valence electrons. The van der Waals surface area contributed by atoms with Crippen LogP contribution in [0, 0.1) is 6.92 Å². The van der Waals surface area contributed by atoms with E-state index in [2.05, 4.69) is 20.0 Å². The van der Waals surface area contributed by atoms with E-state index in [1.54, 1.807) is 22.7 Å². The summed E-state index contributed by atoms with van der Waals surface area (Å²) in [5.74, 6) is 0.691. The number of nitrogens with zero attached hydrogens (tertiary/aromatic N) is 4. The quantitative estimate of drug-likeness (QED) is 0.544. The molecule has 0 spiro atoms. The monoisotopic (exact) mass is 419 g/mol. The summed E-state index contributed by atoms with van der Waals surface area (Å²) >= 11 is 0. The van der Waals surface area contributed by atoms with Crippen molar-refractivity contribution in [2.75, 3.05) is 4.72 Å². The standard InChI is InChI=1S/C22H21N5O2S/c1-15-23-24-22-12-11-21(25-27(15)22)18-7-4-8-19(13-18)26-30(28,29)20-10-9-16-5-2-3-6-17(16)14-20/h4,7-14,26H,2-3,5-6H2,1H3. The lowest BCUT2D eigenvalue weighted by atomic mass is 9.92. The molecule has 5 rings (SSSR count). The third kappa shape index (κ3) is 3.43. The SMILES string of the molecule is Cc1nnc2ccc(-c3cccc(NS(=O)(=O)c4ccc5c(c4)CCCC5)c3)nn12. The average molecular weight is 420 g/mol. The summed E-state index contributed by atoms with van der Waals surface area (Å²) in [6, 6.07) is 16.4. The Kier molecular flexibility index (Phi) is 4.51. The number of benzene rings is 2. The van der Waals surface area contributed by atoms with Gasteiger partial charge in [-0.05, 0) is 80.1 Å². The summed E-state index contributed by atoms with van der Waals surface area (Å²) in [6.45, 7) is 1.83. The molecule has 0 saturated heterocycles. The zero-order chi connectivity index (χ0) is 20.7. The van der Waals surface area contributed by atoms with Crippen LogP contribution in [0.1, 0.15) is 29.8 Å². The smallest absolute Gasteiger partial charge is 0.261 e. The minimum atomic E-state index is -3.67. The number of fused-ring (bicyclic) bond motifs is 2. The first-order chi connectivity index (χ1) is 14.5. The van der Waals surface area contributed by atoms with Crippen molar-refractivity contribution >= 4 is 21.4 Å². The third-order valence-corrected chi connectivity index (χ3v) is 6.84. The minimum absolute atomic E-state index is 0.299. The molecule has 1 aliphatic rings.